The van der Waals surface area contributed by atoms with Crippen LogP contribution in [0.25, 0.3) is 0 Å². The van der Waals surface area contributed by atoms with Crippen molar-refractivity contribution in [1.29, 1.82) is 0 Å². The lowest BCUT2D eigenvalue weighted by Gasteiger charge is -2.48. The van der Waals surface area contributed by atoms with E-state index < -0.39 is 118 Å². The molecule has 17 heteroatoms. The maximum absolute atomic E-state index is 10.7. The molecule has 3 heterocycles. The van der Waals surface area contributed by atoms with Gasteiger partial charge in [0, 0.05) is 0 Å². The molecule has 0 unspecified atom stereocenters. The number of aliphatic hydroxyl groups is 12. The molecule has 0 aromatic heterocycles. The molecular formula is C19H34O17. The second-order valence-electron chi connectivity index (χ2n) is 8.83. The summed E-state index contributed by atoms with van der Waals surface area (Å²) in [5, 5.41) is 119. The van der Waals surface area contributed by atoms with Gasteiger partial charge in [-0.1, -0.05) is 0 Å². The van der Waals surface area contributed by atoms with E-state index in [2.05, 4.69) is 0 Å². The van der Waals surface area contributed by atoms with Crippen LogP contribution in [0, 0.1) is 0 Å². The van der Waals surface area contributed by atoms with Gasteiger partial charge in [-0.05, 0) is 0 Å². The Balaban J connectivity index is 1.75. The topological polar surface area (TPSA) is 289 Å². The second kappa shape index (κ2) is 12.5. The third-order valence-corrected chi connectivity index (χ3v) is 6.42. The lowest BCUT2D eigenvalue weighted by molar-refractivity contribution is -0.380. The number of ether oxygens (including phenoxy) is 5. The highest BCUT2D eigenvalue weighted by molar-refractivity contribution is 4.97. The SMILES string of the molecule is OC[C@H](O)[C@H]1O[C@H](O)[C@@H](O)[C@@H](O)[C@@H]1O[C@@H]1O[C@H](CO)[C@@H](O[C@@H]2O[C@H](CO)[C@H](O)[C@H](O)[C@H]2O)[C@H](O)[C@H]1O. The molecule has 0 aliphatic carbocycles. The molecule has 3 aliphatic heterocycles. The molecule has 3 saturated heterocycles. The summed E-state index contributed by atoms with van der Waals surface area (Å²) in [4.78, 5) is 0. The van der Waals surface area contributed by atoms with Gasteiger partial charge in [0.05, 0.1) is 19.8 Å². The Hall–Kier alpha value is -0.680. The zero-order valence-electron chi connectivity index (χ0n) is 18.8. The van der Waals surface area contributed by atoms with Gasteiger partial charge in [0.1, 0.15) is 79.4 Å². The molecule has 36 heavy (non-hydrogen) atoms. The molecular weight excluding hydrogens is 500 g/mol. The number of aliphatic hydroxyl groups excluding tert-OH is 12. The van der Waals surface area contributed by atoms with Crippen molar-refractivity contribution in [3.63, 3.8) is 0 Å². The van der Waals surface area contributed by atoms with Gasteiger partial charge < -0.3 is 85.0 Å². The minimum atomic E-state index is -1.98. The highest BCUT2D eigenvalue weighted by Crippen LogP contribution is 2.32. The number of hydrogen-bond donors (Lipinski definition) is 12. The monoisotopic (exact) mass is 534 g/mol. The fourth-order valence-electron chi connectivity index (χ4n) is 4.27. The van der Waals surface area contributed by atoms with E-state index in [1.54, 1.807) is 0 Å². The highest BCUT2D eigenvalue weighted by atomic mass is 16.8. The zero-order chi connectivity index (χ0) is 26.9. The van der Waals surface area contributed by atoms with Crippen LogP contribution in [0.15, 0.2) is 0 Å². The Morgan fingerprint density at radius 1 is 0.556 bits per heavy atom. The van der Waals surface area contributed by atoms with Crippen molar-refractivity contribution < 1.29 is 85.0 Å². The normalized spacial score (nSPS) is 51.2. The molecule has 0 aromatic carbocycles. The summed E-state index contributed by atoms with van der Waals surface area (Å²) in [5.41, 5.74) is 0. The first-order chi connectivity index (χ1) is 17.0. The maximum Gasteiger partial charge on any atom is 0.187 e. The summed E-state index contributed by atoms with van der Waals surface area (Å²) in [5.74, 6) is 0. The van der Waals surface area contributed by atoms with Crippen molar-refractivity contribution in [2.75, 3.05) is 19.8 Å². The standard InChI is InChI=1S/C19H34O17/c20-1-4(23)14-16(9(26)11(28)17(31)34-14)36-19-13(30)10(27)15(6(3-22)33-19)35-18-12(29)8(25)7(24)5(2-21)32-18/h4-31H,1-3H2/t4-,5+,6+,7-,8-,9+,10+,11-,12+,13+,14+,15+,16-,17-,18-,19-/m0/s1. The molecule has 212 valence electrons. The van der Waals surface area contributed by atoms with E-state index in [1.165, 1.54) is 0 Å². The Kier molecular flexibility index (Phi) is 10.3. The van der Waals surface area contributed by atoms with Crippen LogP contribution in [-0.2, 0) is 23.7 Å². The molecule has 16 atom stereocenters. The van der Waals surface area contributed by atoms with Crippen LogP contribution in [0.3, 0.4) is 0 Å². The van der Waals surface area contributed by atoms with Crippen molar-refractivity contribution in [1.82, 2.24) is 0 Å². The van der Waals surface area contributed by atoms with Crippen molar-refractivity contribution in [3.05, 3.63) is 0 Å². The van der Waals surface area contributed by atoms with E-state index in [-0.39, 0.29) is 0 Å². The summed E-state index contributed by atoms with van der Waals surface area (Å²) >= 11 is 0. The van der Waals surface area contributed by atoms with Gasteiger partial charge in [0.15, 0.2) is 18.9 Å². The summed E-state index contributed by atoms with van der Waals surface area (Å²) in [6.45, 7) is -2.52. The van der Waals surface area contributed by atoms with E-state index >= 15 is 0 Å². The third kappa shape index (κ3) is 5.82. The molecule has 0 aromatic rings. The molecule has 17 nitrogen and oxygen atoms in total. The predicted molar refractivity (Wildman–Crippen MR) is 107 cm³/mol. The van der Waals surface area contributed by atoms with Crippen LogP contribution >= 0.6 is 0 Å². The molecule has 3 rings (SSSR count). The first-order valence-corrected chi connectivity index (χ1v) is 11.2. The lowest BCUT2D eigenvalue weighted by Crippen LogP contribution is -2.67. The zero-order valence-corrected chi connectivity index (χ0v) is 18.8. The molecule has 3 aliphatic rings. The Morgan fingerprint density at radius 2 is 1.06 bits per heavy atom. The Bertz CT molecular complexity index is 682. The lowest BCUT2D eigenvalue weighted by atomic mass is 9.94. The number of rotatable bonds is 8. The van der Waals surface area contributed by atoms with E-state index in [0.717, 1.165) is 0 Å². The van der Waals surface area contributed by atoms with Gasteiger partial charge in [0.25, 0.3) is 0 Å². The van der Waals surface area contributed by atoms with Crippen molar-refractivity contribution in [2.24, 2.45) is 0 Å². The Labute approximate surface area is 203 Å². The largest absolute Gasteiger partial charge is 0.394 e. The minimum Gasteiger partial charge on any atom is -0.394 e. The first kappa shape index (κ1) is 29.9. The van der Waals surface area contributed by atoms with Gasteiger partial charge in [-0.2, -0.15) is 0 Å². The summed E-state index contributed by atoms with van der Waals surface area (Å²) < 4.78 is 26.5. The predicted octanol–water partition coefficient (Wildman–Crippen LogP) is -8.21. The van der Waals surface area contributed by atoms with E-state index in [1.807, 2.05) is 0 Å². The minimum absolute atomic E-state index is 0.760. The fraction of sp³-hybridized carbons (Fsp3) is 1.00. The van der Waals surface area contributed by atoms with Gasteiger partial charge in [-0.25, -0.2) is 0 Å². The fourth-order valence-corrected chi connectivity index (χ4v) is 4.27. The molecule has 3 fully saturated rings. The van der Waals surface area contributed by atoms with Crippen LogP contribution < -0.4 is 0 Å². The highest BCUT2D eigenvalue weighted by Gasteiger charge is 2.54. The second-order valence-corrected chi connectivity index (χ2v) is 8.83. The van der Waals surface area contributed by atoms with Gasteiger partial charge in [0.2, 0.25) is 0 Å². The van der Waals surface area contributed by atoms with Gasteiger partial charge in [-0.3, -0.25) is 0 Å². The van der Waals surface area contributed by atoms with E-state index in [9.17, 15) is 61.3 Å². The van der Waals surface area contributed by atoms with Gasteiger partial charge >= 0.3 is 0 Å². The summed E-state index contributed by atoms with van der Waals surface area (Å²) in [7, 11) is 0. The first-order valence-electron chi connectivity index (χ1n) is 11.2. The van der Waals surface area contributed by atoms with E-state index in [0.29, 0.717) is 0 Å². The molecule has 0 amide bonds. The Morgan fingerprint density at radius 3 is 1.61 bits per heavy atom. The maximum atomic E-state index is 10.7. The van der Waals surface area contributed by atoms with Crippen LogP contribution in [0.1, 0.15) is 0 Å². The molecule has 0 spiro atoms. The quantitative estimate of drug-likeness (QED) is 0.138. The third-order valence-electron chi connectivity index (χ3n) is 6.42. The average molecular weight is 534 g/mol. The number of hydrogen-bond acceptors (Lipinski definition) is 17. The molecule has 0 bridgehead atoms. The molecule has 0 radical (unpaired) electrons. The van der Waals surface area contributed by atoms with Crippen LogP contribution in [0.5, 0.6) is 0 Å². The molecule has 0 saturated carbocycles. The van der Waals surface area contributed by atoms with Crippen LogP contribution in [0.4, 0.5) is 0 Å². The summed E-state index contributed by atoms with van der Waals surface area (Å²) in [6.07, 6.45) is -28.1. The summed E-state index contributed by atoms with van der Waals surface area (Å²) in [6, 6.07) is 0. The van der Waals surface area contributed by atoms with Crippen molar-refractivity contribution in [2.45, 2.75) is 98.2 Å². The van der Waals surface area contributed by atoms with Crippen molar-refractivity contribution in [3.8, 4) is 0 Å². The van der Waals surface area contributed by atoms with Crippen molar-refractivity contribution >= 4 is 0 Å². The van der Waals surface area contributed by atoms with Crippen LogP contribution in [-0.4, -0.2) is 179 Å². The molecule has 12 N–H and O–H groups in total. The van der Waals surface area contributed by atoms with Crippen LogP contribution in [0.2, 0.25) is 0 Å². The smallest absolute Gasteiger partial charge is 0.187 e. The van der Waals surface area contributed by atoms with Gasteiger partial charge in [-0.15, -0.1) is 0 Å². The van der Waals surface area contributed by atoms with E-state index in [4.69, 9.17) is 23.7 Å². The average Bonchev–Trinajstić information content (AvgIpc) is 2.87.